The summed E-state index contributed by atoms with van der Waals surface area (Å²) >= 11 is 0. The minimum absolute atomic E-state index is 0.0559. The van der Waals surface area contributed by atoms with Crippen LogP contribution in [0.15, 0.2) is 39.9 Å². The maximum atomic E-state index is 12.4. The third-order valence-electron chi connectivity index (χ3n) is 3.01. The molecule has 23 heavy (non-hydrogen) atoms. The molecule has 0 atom stereocenters. The Bertz CT molecular complexity index is 747. The van der Waals surface area contributed by atoms with E-state index in [0.717, 1.165) is 4.90 Å². The van der Waals surface area contributed by atoms with Gasteiger partial charge in [0.1, 0.15) is 12.2 Å². The van der Waals surface area contributed by atoms with Crippen molar-refractivity contribution in [2.75, 3.05) is 6.54 Å². The molecule has 8 nitrogen and oxygen atoms in total. The lowest BCUT2D eigenvalue weighted by molar-refractivity contribution is -0.268. The van der Waals surface area contributed by atoms with Gasteiger partial charge in [0.05, 0.1) is 5.71 Å². The number of hydrogen-bond donors (Lipinski definition) is 1. The summed E-state index contributed by atoms with van der Waals surface area (Å²) in [5, 5.41) is 11.1. The third-order valence-corrected chi connectivity index (χ3v) is 3.01. The summed E-state index contributed by atoms with van der Waals surface area (Å²) in [5.74, 6) is -1.32. The van der Waals surface area contributed by atoms with Crippen LogP contribution in [0.5, 0.6) is 5.75 Å². The summed E-state index contributed by atoms with van der Waals surface area (Å²) in [4.78, 5) is 42.7. The number of aliphatic imine (C=N–C) groups is 2. The summed E-state index contributed by atoms with van der Waals surface area (Å²) in [6.45, 7) is 1.11. The van der Waals surface area contributed by atoms with Crippen LogP contribution in [0.25, 0.3) is 6.08 Å². The first-order valence-corrected chi connectivity index (χ1v) is 6.58. The monoisotopic (exact) mass is 313 g/mol. The predicted molar refractivity (Wildman–Crippen MR) is 81.4 cm³/mol. The number of nitrogens with zero attached hydrogens (tertiary/aromatic N) is 3. The highest BCUT2D eigenvalue weighted by Gasteiger charge is 2.32. The maximum absolute atomic E-state index is 12.4. The quantitative estimate of drug-likeness (QED) is 0.444. The van der Waals surface area contributed by atoms with E-state index in [4.69, 9.17) is 5.73 Å². The molecule has 0 aromatic heterocycles. The first-order chi connectivity index (χ1) is 10.9. The van der Waals surface area contributed by atoms with Crippen molar-refractivity contribution >= 4 is 35.8 Å². The van der Waals surface area contributed by atoms with Gasteiger partial charge in [0.25, 0.3) is 5.91 Å². The van der Waals surface area contributed by atoms with Crippen molar-refractivity contribution in [3.8, 4) is 5.75 Å². The second kappa shape index (κ2) is 6.65. The Morgan fingerprint density at radius 2 is 2.04 bits per heavy atom. The van der Waals surface area contributed by atoms with Crippen LogP contribution in [0.3, 0.4) is 0 Å². The molecule has 0 aliphatic carbocycles. The third kappa shape index (κ3) is 3.67. The van der Waals surface area contributed by atoms with Gasteiger partial charge >= 0.3 is 0 Å². The summed E-state index contributed by atoms with van der Waals surface area (Å²) in [5.41, 5.74) is 5.98. The van der Waals surface area contributed by atoms with E-state index in [9.17, 15) is 19.5 Å². The van der Waals surface area contributed by atoms with Gasteiger partial charge in [0.2, 0.25) is 12.3 Å². The molecule has 0 saturated carbocycles. The average Bonchev–Trinajstić information content (AvgIpc) is 2.79. The Hall–Kier alpha value is -3.29. The number of amides is 3. The van der Waals surface area contributed by atoms with Crippen molar-refractivity contribution in [1.82, 2.24) is 4.90 Å². The van der Waals surface area contributed by atoms with Crippen LogP contribution in [-0.2, 0) is 14.4 Å². The molecule has 118 valence electrons. The fourth-order valence-corrected chi connectivity index (χ4v) is 1.99. The highest BCUT2D eigenvalue weighted by atomic mass is 16.3. The van der Waals surface area contributed by atoms with Gasteiger partial charge in [-0.2, -0.15) is 0 Å². The van der Waals surface area contributed by atoms with Gasteiger partial charge < -0.3 is 10.8 Å². The van der Waals surface area contributed by atoms with E-state index in [-0.39, 0.29) is 29.5 Å². The van der Waals surface area contributed by atoms with Gasteiger partial charge in [-0.15, -0.1) is 5.75 Å². The Morgan fingerprint density at radius 1 is 1.39 bits per heavy atom. The lowest BCUT2D eigenvalue weighted by Crippen LogP contribution is -2.41. The van der Waals surface area contributed by atoms with E-state index in [1.165, 1.54) is 25.1 Å². The molecule has 0 saturated heterocycles. The van der Waals surface area contributed by atoms with Crippen molar-refractivity contribution in [1.29, 1.82) is 0 Å². The maximum Gasteiger partial charge on any atom is 0.278 e. The molecule has 0 bridgehead atoms. The Labute approximate surface area is 131 Å². The molecule has 0 fully saturated rings. The predicted octanol–water partition coefficient (Wildman–Crippen LogP) is -0.556. The van der Waals surface area contributed by atoms with Crippen LogP contribution in [0.1, 0.15) is 12.5 Å². The molecule has 1 aliphatic rings. The molecule has 1 aromatic carbocycles. The number of amidine groups is 1. The molecule has 0 spiro atoms. The molecule has 2 N–H and O–H groups in total. The van der Waals surface area contributed by atoms with Crippen LogP contribution in [0.4, 0.5) is 0 Å². The minimum Gasteiger partial charge on any atom is -0.872 e. The second-order valence-electron chi connectivity index (χ2n) is 4.71. The van der Waals surface area contributed by atoms with Crippen molar-refractivity contribution in [2.45, 2.75) is 6.92 Å². The fraction of sp³-hybridized carbons (Fsp3) is 0.133. The Kier molecular flexibility index (Phi) is 4.65. The van der Waals surface area contributed by atoms with E-state index in [0.29, 0.717) is 12.0 Å². The van der Waals surface area contributed by atoms with Gasteiger partial charge in [-0.3, -0.25) is 19.3 Å². The first-order valence-electron chi connectivity index (χ1n) is 6.58. The van der Waals surface area contributed by atoms with E-state index in [1.807, 2.05) is 0 Å². The lowest BCUT2D eigenvalue weighted by Gasteiger charge is -2.15. The van der Waals surface area contributed by atoms with Crippen molar-refractivity contribution in [2.24, 2.45) is 15.7 Å². The van der Waals surface area contributed by atoms with Crippen LogP contribution in [-0.4, -0.2) is 41.2 Å². The lowest BCUT2D eigenvalue weighted by atomic mass is 10.2. The largest absolute Gasteiger partial charge is 0.872 e. The molecule has 1 aliphatic heterocycles. The number of nitrogens with two attached hydrogens (primary N) is 1. The molecule has 8 heteroatoms. The van der Waals surface area contributed by atoms with Crippen LogP contribution in [0.2, 0.25) is 0 Å². The summed E-state index contributed by atoms with van der Waals surface area (Å²) < 4.78 is 0. The highest BCUT2D eigenvalue weighted by molar-refractivity contribution is 6.46. The SMILES string of the molecule is CC(=NC=O)C1=N/C(=C\c2ccc([O-])cc2)C(=O)N1CC(N)=O. The van der Waals surface area contributed by atoms with Gasteiger partial charge in [-0.25, -0.2) is 9.98 Å². The topological polar surface area (TPSA) is 128 Å². The molecule has 3 amide bonds. The second-order valence-corrected chi connectivity index (χ2v) is 4.71. The molecular weight excluding hydrogens is 300 g/mol. The van der Waals surface area contributed by atoms with Gasteiger partial charge in [-0.05, 0) is 18.6 Å². The standard InChI is InChI=1S/C15H14N4O4/c1-9(17-8-20)14-18-12(15(23)19(14)7-13(16)22)6-10-2-4-11(21)5-3-10/h2-6,8,21H,7H2,1H3,(H2,16,22)/p-1/b12-6-,17-9?. The Morgan fingerprint density at radius 3 is 2.61 bits per heavy atom. The molecule has 1 aromatic rings. The fourth-order valence-electron chi connectivity index (χ4n) is 1.99. The molecular formula is C15H13N4O4-. The summed E-state index contributed by atoms with van der Waals surface area (Å²) in [6, 6.07) is 5.80. The van der Waals surface area contributed by atoms with E-state index >= 15 is 0 Å². The average molecular weight is 313 g/mol. The smallest absolute Gasteiger partial charge is 0.278 e. The zero-order valence-electron chi connectivity index (χ0n) is 12.2. The van der Waals surface area contributed by atoms with Crippen LogP contribution >= 0.6 is 0 Å². The van der Waals surface area contributed by atoms with Gasteiger partial charge in [-0.1, -0.05) is 24.3 Å². The zero-order valence-corrected chi connectivity index (χ0v) is 12.2. The summed E-state index contributed by atoms with van der Waals surface area (Å²) in [7, 11) is 0. The minimum atomic E-state index is -0.720. The number of rotatable bonds is 5. The van der Waals surface area contributed by atoms with Crippen LogP contribution < -0.4 is 10.8 Å². The zero-order chi connectivity index (χ0) is 17.0. The number of carbonyl (C=O) groups excluding carboxylic acids is 3. The van der Waals surface area contributed by atoms with Gasteiger partial charge in [0, 0.05) is 0 Å². The highest BCUT2D eigenvalue weighted by Crippen LogP contribution is 2.19. The van der Waals surface area contributed by atoms with Crippen molar-refractivity contribution in [3.63, 3.8) is 0 Å². The normalized spacial score (nSPS) is 16.7. The van der Waals surface area contributed by atoms with E-state index in [1.54, 1.807) is 12.1 Å². The molecule has 2 rings (SSSR count). The van der Waals surface area contributed by atoms with Crippen molar-refractivity contribution < 1.29 is 19.5 Å². The van der Waals surface area contributed by atoms with Gasteiger partial charge in [0.15, 0.2) is 5.84 Å². The Balaban J connectivity index is 2.42. The first kappa shape index (κ1) is 16.1. The number of primary amides is 1. The molecule has 0 unspecified atom stereocenters. The number of hydrogen-bond acceptors (Lipinski definition) is 5. The van der Waals surface area contributed by atoms with E-state index < -0.39 is 11.8 Å². The molecule has 0 radical (unpaired) electrons. The molecule has 1 heterocycles. The summed E-state index contributed by atoms with van der Waals surface area (Å²) in [6.07, 6.45) is 1.79. The van der Waals surface area contributed by atoms with E-state index in [2.05, 4.69) is 9.98 Å². The number of carbonyl (C=O) groups is 3. The van der Waals surface area contributed by atoms with Crippen molar-refractivity contribution in [3.05, 3.63) is 35.5 Å². The van der Waals surface area contributed by atoms with Crippen LogP contribution in [0, 0.1) is 0 Å². The number of benzene rings is 1.